The van der Waals surface area contributed by atoms with Gasteiger partial charge >= 0.3 is 12.2 Å². The molecule has 13 heteroatoms. The number of methoxy groups -OCH3 is 1. The lowest BCUT2D eigenvalue weighted by Gasteiger charge is -2.34. The summed E-state index contributed by atoms with van der Waals surface area (Å²) in [5, 5.41) is 7.40. The lowest BCUT2D eigenvalue weighted by Crippen LogP contribution is -2.51. The molecule has 2 aromatic carbocycles. The molecule has 0 radical (unpaired) electrons. The van der Waals surface area contributed by atoms with E-state index in [9.17, 15) is 27.6 Å². The smallest absolute Gasteiger partial charge is 0.416 e. The second kappa shape index (κ2) is 10.1. The average Bonchev–Trinajstić information content (AvgIpc) is 2.76. The van der Waals surface area contributed by atoms with Crippen molar-refractivity contribution in [2.45, 2.75) is 12.2 Å². The lowest BCUT2D eigenvalue weighted by molar-refractivity contribution is -0.137. The number of nitrogens with one attached hydrogen (secondary N) is 3. The number of halogens is 4. The fourth-order valence-electron chi connectivity index (χ4n) is 3.47. The highest BCUT2D eigenvalue weighted by atomic mass is 35.5. The van der Waals surface area contributed by atoms with Gasteiger partial charge in [-0.25, -0.2) is 4.79 Å². The summed E-state index contributed by atoms with van der Waals surface area (Å²) in [5.74, 6) is -2.54. The van der Waals surface area contributed by atoms with Crippen molar-refractivity contribution >= 4 is 35.1 Å². The van der Waals surface area contributed by atoms with Crippen LogP contribution in [0.5, 0.6) is 11.5 Å². The number of benzene rings is 2. The summed E-state index contributed by atoms with van der Waals surface area (Å²) >= 11 is 6.29. The summed E-state index contributed by atoms with van der Waals surface area (Å²) in [7, 11) is 1.31. The molecule has 1 aliphatic heterocycles. The number of ether oxygens (including phenoxy) is 2. The maximum Gasteiger partial charge on any atom is 0.416 e. The number of urea groups is 1. The first kappa shape index (κ1) is 25.7. The highest BCUT2D eigenvalue weighted by molar-refractivity contribution is 6.32. The third-order valence-corrected chi connectivity index (χ3v) is 5.26. The van der Waals surface area contributed by atoms with E-state index in [-0.39, 0.29) is 27.9 Å². The van der Waals surface area contributed by atoms with Crippen LogP contribution in [0.4, 0.5) is 23.7 Å². The van der Waals surface area contributed by atoms with E-state index >= 15 is 0 Å². The van der Waals surface area contributed by atoms with E-state index < -0.39 is 48.2 Å². The average molecular weight is 513 g/mol. The Morgan fingerprint density at radius 1 is 1.26 bits per heavy atom. The van der Waals surface area contributed by atoms with Crippen molar-refractivity contribution in [2.24, 2.45) is 11.7 Å². The Labute approximate surface area is 202 Å². The van der Waals surface area contributed by atoms with Crippen molar-refractivity contribution < 1.29 is 37.0 Å². The molecule has 1 saturated heterocycles. The van der Waals surface area contributed by atoms with Gasteiger partial charge in [0.05, 0.1) is 23.7 Å². The van der Waals surface area contributed by atoms with Crippen molar-refractivity contribution in [2.75, 3.05) is 19.0 Å². The van der Waals surface area contributed by atoms with Gasteiger partial charge in [0.15, 0.2) is 18.1 Å². The number of alkyl halides is 3. The van der Waals surface area contributed by atoms with E-state index in [4.69, 9.17) is 26.8 Å². The number of carbonyl (C=O) groups is 3. The van der Waals surface area contributed by atoms with Crippen LogP contribution in [-0.4, -0.2) is 31.6 Å². The minimum absolute atomic E-state index is 0.00368. The van der Waals surface area contributed by atoms with E-state index in [2.05, 4.69) is 22.5 Å². The zero-order chi connectivity index (χ0) is 25.9. The number of hydrogen-bond acceptors (Lipinski definition) is 5. The van der Waals surface area contributed by atoms with Crippen molar-refractivity contribution in [3.05, 3.63) is 64.8 Å². The first-order valence-corrected chi connectivity index (χ1v) is 10.3. The molecule has 0 saturated carbocycles. The first-order valence-electron chi connectivity index (χ1n) is 9.93. The number of primary amides is 1. The van der Waals surface area contributed by atoms with Gasteiger partial charge in [-0.2, -0.15) is 13.2 Å². The zero-order valence-corrected chi connectivity index (χ0v) is 18.9. The Kier molecular flexibility index (Phi) is 7.44. The van der Waals surface area contributed by atoms with Crippen LogP contribution in [0, 0.1) is 5.92 Å². The van der Waals surface area contributed by atoms with Gasteiger partial charge in [-0.05, 0) is 35.9 Å². The topological polar surface area (TPSA) is 132 Å². The van der Waals surface area contributed by atoms with Crippen molar-refractivity contribution in [1.82, 2.24) is 10.6 Å². The van der Waals surface area contributed by atoms with Crippen LogP contribution in [0.2, 0.25) is 5.02 Å². The van der Waals surface area contributed by atoms with Crippen molar-refractivity contribution in [1.29, 1.82) is 0 Å². The van der Waals surface area contributed by atoms with Gasteiger partial charge in [-0.15, -0.1) is 0 Å². The normalized spacial score (nSPS) is 17.7. The van der Waals surface area contributed by atoms with Crippen LogP contribution in [-0.2, 0) is 15.8 Å². The molecule has 5 N–H and O–H groups in total. The number of nitrogens with two attached hydrogens (primary N) is 1. The molecule has 3 rings (SSSR count). The molecule has 0 aliphatic carbocycles. The molecule has 1 aliphatic rings. The molecule has 2 atom stereocenters. The van der Waals surface area contributed by atoms with Crippen molar-refractivity contribution in [3.8, 4) is 11.5 Å². The third kappa shape index (κ3) is 5.96. The van der Waals surface area contributed by atoms with Crippen molar-refractivity contribution in [3.63, 3.8) is 0 Å². The molecule has 1 fully saturated rings. The van der Waals surface area contributed by atoms with Gasteiger partial charge in [0.1, 0.15) is 5.92 Å². The van der Waals surface area contributed by atoms with Crippen LogP contribution < -0.4 is 31.2 Å². The molecule has 0 aromatic heterocycles. The quantitative estimate of drug-likeness (QED) is 0.452. The summed E-state index contributed by atoms with van der Waals surface area (Å²) in [5.41, 5.74) is 4.36. The molecule has 4 amide bonds. The Morgan fingerprint density at radius 2 is 1.97 bits per heavy atom. The van der Waals surface area contributed by atoms with Crippen LogP contribution in [0.1, 0.15) is 17.2 Å². The molecule has 0 unspecified atom stereocenters. The summed E-state index contributed by atoms with van der Waals surface area (Å²) in [6, 6.07) is 5.23. The molecule has 186 valence electrons. The minimum atomic E-state index is -4.60. The second-order valence-corrected chi connectivity index (χ2v) is 7.84. The zero-order valence-electron chi connectivity index (χ0n) is 18.2. The molecule has 0 bridgehead atoms. The number of amides is 4. The molecular formula is C22H20ClF3N4O5. The van der Waals surface area contributed by atoms with E-state index in [1.165, 1.54) is 25.3 Å². The van der Waals surface area contributed by atoms with Crippen LogP contribution in [0.15, 0.2) is 48.7 Å². The van der Waals surface area contributed by atoms with Gasteiger partial charge < -0.3 is 31.2 Å². The third-order valence-electron chi connectivity index (χ3n) is 4.98. The number of anilines is 1. The molecule has 35 heavy (non-hydrogen) atoms. The number of hydrogen-bond donors (Lipinski definition) is 4. The standard InChI is InChI=1S/C22H20ClF3N4O5/c1-10-17(20(32)29-13-5-3-4-12(8-13)22(24,25)26)18(30-21(33)28-10)11-6-14(23)19(15(7-11)34-2)35-9-16(27)31/h3-8,17-18H,1,9H2,2H3,(H2,27,31)(H,29,32)(H2,28,30,33)/t17-,18+/m0/s1. The Morgan fingerprint density at radius 3 is 2.60 bits per heavy atom. The second-order valence-electron chi connectivity index (χ2n) is 7.44. The molecular weight excluding hydrogens is 493 g/mol. The summed E-state index contributed by atoms with van der Waals surface area (Å²) in [6.07, 6.45) is -4.60. The Balaban J connectivity index is 1.95. The number of carbonyl (C=O) groups excluding carboxylic acids is 3. The van der Waals surface area contributed by atoms with E-state index in [0.717, 1.165) is 18.2 Å². The summed E-state index contributed by atoms with van der Waals surface area (Å²) in [4.78, 5) is 36.3. The van der Waals surface area contributed by atoms with E-state index in [1.54, 1.807) is 0 Å². The fraction of sp³-hybridized carbons (Fsp3) is 0.227. The monoisotopic (exact) mass is 512 g/mol. The van der Waals surface area contributed by atoms with Crippen LogP contribution in [0.25, 0.3) is 0 Å². The highest BCUT2D eigenvalue weighted by Gasteiger charge is 2.39. The molecule has 1 heterocycles. The van der Waals surface area contributed by atoms with Gasteiger partial charge in [-0.1, -0.05) is 24.2 Å². The summed E-state index contributed by atoms with van der Waals surface area (Å²) < 4.78 is 49.7. The van der Waals surface area contributed by atoms with Gasteiger partial charge in [0, 0.05) is 11.4 Å². The fourth-order valence-corrected chi connectivity index (χ4v) is 3.74. The Hall–Kier alpha value is -3.93. The summed E-state index contributed by atoms with van der Waals surface area (Å²) in [6.45, 7) is 3.25. The van der Waals surface area contributed by atoms with Gasteiger partial charge in [0.25, 0.3) is 5.91 Å². The molecule has 9 nitrogen and oxygen atoms in total. The lowest BCUT2D eigenvalue weighted by atomic mass is 9.88. The van der Waals surface area contributed by atoms with E-state index in [0.29, 0.717) is 5.56 Å². The molecule has 0 spiro atoms. The maximum absolute atomic E-state index is 13.1. The van der Waals surface area contributed by atoms with Crippen LogP contribution >= 0.6 is 11.6 Å². The van der Waals surface area contributed by atoms with Crippen LogP contribution in [0.3, 0.4) is 0 Å². The van der Waals surface area contributed by atoms with E-state index in [1.807, 2.05) is 0 Å². The van der Waals surface area contributed by atoms with Gasteiger partial charge in [-0.3, -0.25) is 9.59 Å². The highest BCUT2D eigenvalue weighted by Crippen LogP contribution is 2.41. The largest absolute Gasteiger partial charge is 0.493 e. The predicted octanol–water partition coefficient (Wildman–Crippen LogP) is 3.35. The first-order chi connectivity index (χ1) is 16.4. The predicted molar refractivity (Wildman–Crippen MR) is 120 cm³/mol. The minimum Gasteiger partial charge on any atom is -0.493 e. The number of rotatable bonds is 7. The SMILES string of the molecule is C=C1NC(=O)N[C@H](c2cc(Cl)c(OCC(N)=O)c(OC)c2)[C@H]1C(=O)Nc1cccc(C(F)(F)F)c1. The maximum atomic E-state index is 13.1. The molecule has 2 aromatic rings. The van der Waals surface area contributed by atoms with Gasteiger partial charge in [0.2, 0.25) is 5.91 Å². The Bertz CT molecular complexity index is 1190.